The number of nitrogens with one attached hydrogen (secondary N) is 1. The third kappa shape index (κ3) is 2.95. The van der Waals surface area contributed by atoms with Crippen LogP contribution in [0.1, 0.15) is 24.8 Å². The van der Waals surface area contributed by atoms with Gasteiger partial charge in [0.05, 0.1) is 5.52 Å². The highest BCUT2D eigenvalue weighted by atomic mass is 16.5. The van der Waals surface area contributed by atoms with Crippen LogP contribution in [0.5, 0.6) is 0 Å². The van der Waals surface area contributed by atoms with Crippen molar-refractivity contribution in [1.82, 2.24) is 14.1 Å². The zero-order chi connectivity index (χ0) is 17.4. The van der Waals surface area contributed by atoms with Crippen molar-refractivity contribution in [3.05, 3.63) is 47.0 Å². The van der Waals surface area contributed by atoms with Gasteiger partial charge in [-0.1, -0.05) is 0 Å². The van der Waals surface area contributed by atoms with Crippen molar-refractivity contribution in [2.75, 3.05) is 18.5 Å². The van der Waals surface area contributed by atoms with Crippen molar-refractivity contribution < 1.29 is 9.15 Å². The molecule has 0 aliphatic carbocycles. The van der Waals surface area contributed by atoms with Gasteiger partial charge in [0.2, 0.25) is 0 Å². The minimum atomic E-state index is -0.345. The van der Waals surface area contributed by atoms with Crippen molar-refractivity contribution >= 4 is 16.8 Å². The molecule has 132 valence electrons. The summed E-state index contributed by atoms with van der Waals surface area (Å²) in [7, 11) is 3.70. The van der Waals surface area contributed by atoms with Gasteiger partial charge in [0.25, 0.3) is 0 Å². The van der Waals surface area contributed by atoms with Gasteiger partial charge >= 0.3 is 5.76 Å². The molecule has 0 spiro atoms. The molecule has 1 N–H and O–H groups in total. The Hall–Kier alpha value is -2.54. The first-order valence-electron chi connectivity index (χ1n) is 8.56. The van der Waals surface area contributed by atoms with Crippen LogP contribution in [-0.4, -0.2) is 27.3 Å². The Morgan fingerprint density at radius 3 is 3.04 bits per heavy atom. The SMILES string of the molecule is Cn1ccnc1[C@@H]1OCCC[C@H]1CNc1ccc2c(c1)oc(=O)n2C. The molecule has 2 atom stereocenters. The lowest BCUT2D eigenvalue weighted by molar-refractivity contribution is -0.0304. The van der Waals surface area contributed by atoms with E-state index in [2.05, 4.69) is 10.3 Å². The van der Waals surface area contributed by atoms with Crippen LogP contribution in [0.4, 0.5) is 5.69 Å². The predicted octanol–water partition coefficient (Wildman–Crippen LogP) is 2.44. The van der Waals surface area contributed by atoms with Crippen molar-refractivity contribution in [3.8, 4) is 0 Å². The lowest BCUT2D eigenvalue weighted by Gasteiger charge is -2.31. The minimum absolute atomic E-state index is 0.000335. The Morgan fingerprint density at radius 1 is 1.36 bits per heavy atom. The molecule has 4 rings (SSSR count). The van der Waals surface area contributed by atoms with E-state index in [1.807, 2.05) is 42.2 Å². The topological polar surface area (TPSA) is 74.2 Å². The number of ether oxygens (including phenoxy) is 1. The van der Waals surface area contributed by atoms with Crippen LogP contribution >= 0.6 is 0 Å². The third-order valence-electron chi connectivity index (χ3n) is 4.92. The van der Waals surface area contributed by atoms with Crippen molar-refractivity contribution in [3.63, 3.8) is 0 Å². The summed E-state index contributed by atoms with van der Waals surface area (Å²) in [6.45, 7) is 1.55. The summed E-state index contributed by atoms with van der Waals surface area (Å²) in [5.74, 6) is 0.965. The lowest BCUT2D eigenvalue weighted by atomic mass is 9.93. The quantitative estimate of drug-likeness (QED) is 0.788. The third-order valence-corrected chi connectivity index (χ3v) is 4.92. The summed E-state index contributed by atoms with van der Waals surface area (Å²) in [6.07, 6.45) is 5.90. The van der Waals surface area contributed by atoms with Gasteiger partial charge in [-0.25, -0.2) is 9.78 Å². The Kier molecular flexibility index (Phi) is 4.09. The molecule has 7 heteroatoms. The largest absolute Gasteiger partial charge is 0.419 e. The van der Waals surface area contributed by atoms with E-state index in [-0.39, 0.29) is 11.9 Å². The molecule has 1 aromatic carbocycles. The number of anilines is 1. The van der Waals surface area contributed by atoms with Gasteiger partial charge in [-0.2, -0.15) is 0 Å². The maximum atomic E-state index is 11.6. The van der Waals surface area contributed by atoms with E-state index >= 15 is 0 Å². The molecule has 3 aromatic rings. The molecule has 1 saturated heterocycles. The molecule has 1 fully saturated rings. The first kappa shape index (κ1) is 16.0. The van der Waals surface area contributed by atoms with Crippen LogP contribution in [0.25, 0.3) is 11.1 Å². The summed E-state index contributed by atoms with van der Waals surface area (Å²) >= 11 is 0. The minimum Gasteiger partial charge on any atom is -0.408 e. The molecular weight excluding hydrogens is 320 g/mol. The van der Waals surface area contributed by atoms with Crippen LogP contribution in [-0.2, 0) is 18.8 Å². The van der Waals surface area contributed by atoms with Gasteiger partial charge in [0.15, 0.2) is 5.58 Å². The Labute approximate surface area is 145 Å². The van der Waals surface area contributed by atoms with Crippen LogP contribution in [0.15, 0.2) is 39.8 Å². The van der Waals surface area contributed by atoms with E-state index in [0.29, 0.717) is 11.5 Å². The second-order valence-corrected chi connectivity index (χ2v) is 6.58. The molecule has 0 bridgehead atoms. The smallest absolute Gasteiger partial charge is 0.408 e. The second kappa shape index (κ2) is 6.40. The van der Waals surface area contributed by atoms with Crippen molar-refractivity contribution in [2.45, 2.75) is 18.9 Å². The number of benzene rings is 1. The summed E-state index contributed by atoms with van der Waals surface area (Å²) in [6, 6.07) is 5.74. The number of aryl methyl sites for hydroxylation is 2. The average Bonchev–Trinajstić information content (AvgIpc) is 3.16. The van der Waals surface area contributed by atoms with E-state index in [4.69, 9.17) is 9.15 Å². The molecule has 0 saturated carbocycles. The van der Waals surface area contributed by atoms with Crippen molar-refractivity contribution in [1.29, 1.82) is 0 Å². The Bertz CT molecular complexity index is 939. The molecule has 1 aliphatic rings. The lowest BCUT2D eigenvalue weighted by Crippen LogP contribution is -2.30. The van der Waals surface area contributed by atoms with E-state index in [1.54, 1.807) is 7.05 Å². The summed E-state index contributed by atoms with van der Waals surface area (Å²) in [5.41, 5.74) is 2.33. The summed E-state index contributed by atoms with van der Waals surface area (Å²) in [4.78, 5) is 16.1. The standard InChI is InChI=1S/C18H22N4O3/c1-21-8-7-19-17(21)16-12(4-3-9-24-16)11-20-13-5-6-14-15(10-13)25-18(23)22(14)2/h5-8,10,12,16,20H,3-4,9,11H2,1-2H3/t12-,16+/m0/s1. The van der Waals surface area contributed by atoms with Gasteiger partial charge in [0, 0.05) is 57.3 Å². The normalized spacial score (nSPS) is 20.9. The highest BCUT2D eigenvalue weighted by Crippen LogP contribution is 2.33. The Morgan fingerprint density at radius 2 is 2.24 bits per heavy atom. The number of oxazole rings is 1. The van der Waals surface area contributed by atoms with Gasteiger partial charge in [-0.05, 0) is 25.0 Å². The number of rotatable bonds is 4. The molecule has 0 amide bonds. The second-order valence-electron chi connectivity index (χ2n) is 6.58. The molecule has 0 unspecified atom stereocenters. The fourth-order valence-corrected chi connectivity index (χ4v) is 3.48. The van der Waals surface area contributed by atoms with E-state index in [1.165, 1.54) is 4.57 Å². The summed E-state index contributed by atoms with van der Waals surface area (Å²) in [5, 5.41) is 3.46. The highest BCUT2D eigenvalue weighted by molar-refractivity contribution is 5.77. The van der Waals surface area contributed by atoms with Crippen LogP contribution in [0, 0.1) is 5.92 Å². The van der Waals surface area contributed by atoms with Gasteiger partial charge in [-0.3, -0.25) is 4.57 Å². The number of hydrogen-bond donors (Lipinski definition) is 1. The van der Waals surface area contributed by atoms with Crippen LogP contribution in [0.2, 0.25) is 0 Å². The molecule has 1 aliphatic heterocycles. The monoisotopic (exact) mass is 342 g/mol. The molecule has 3 heterocycles. The molecule has 25 heavy (non-hydrogen) atoms. The zero-order valence-electron chi connectivity index (χ0n) is 14.4. The van der Waals surface area contributed by atoms with Crippen LogP contribution in [0.3, 0.4) is 0 Å². The van der Waals surface area contributed by atoms with Gasteiger partial charge in [0.1, 0.15) is 11.9 Å². The van der Waals surface area contributed by atoms with E-state index in [9.17, 15) is 4.79 Å². The molecule has 0 radical (unpaired) electrons. The zero-order valence-corrected chi connectivity index (χ0v) is 14.4. The van der Waals surface area contributed by atoms with Gasteiger partial charge < -0.3 is 19.0 Å². The summed E-state index contributed by atoms with van der Waals surface area (Å²) < 4.78 is 14.8. The Balaban J connectivity index is 1.51. The predicted molar refractivity (Wildman–Crippen MR) is 94.6 cm³/mol. The molecular formula is C18H22N4O3. The maximum absolute atomic E-state index is 11.6. The maximum Gasteiger partial charge on any atom is 0.419 e. The number of aromatic nitrogens is 3. The average molecular weight is 342 g/mol. The highest BCUT2D eigenvalue weighted by Gasteiger charge is 2.30. The van der Waals surface area contributed by atoms with E-state index in [0.717, 1.165) is 43.0 Å². The first-order chi connectivity index (χ1) is 12.1. The van der Waals surface area contributed by atoms with Crippen molar-refractivity contribution in [2.24, 2.45) is 20.0 Å². The van der Waals surface area contributed by atoms with Crippen LogP contribution < -0.4 is 11.1 Å². The number of nitrogens with zero attached hydrogens (tertiary/aromatic N) is 3. The van der Waals surface area contributed by atoms with Gasteiger partial charge in [-0.15, -0.1) is 0 Å². The fourth-order valence-electron chi connectivity index (χ4n) is 3.48. The molecule has 2 aromatic heterocycles. The number of hydrogen-bond acceptors (Lipinski definition) is 5. The number of fused-ring (bicyclic) bond motifs is 1. The fraction of sp³-hybridized carbons (Fsp3) is 0.444. The number of imidazole rings is 1. The molecule has 7 nitrogen and oxygen atoms in total. The van der Waals surface area contributed by atoms with E-state index < -0.39 is 0 Å². The first-order valence-corrected chi connectivity index (χ1v) is 8.56.